The number of rotatable bonds is 4. The van der Waals surface area contributed by atoms with Gasteiger partial charge in [0.1, 0.15) is 5.82 Å². The molecule has 2 rings (SSSR count). The Hall–Kier alpha value is -0.710. The van der Waals surface area contributed by atoms with Crippen molar-refractivity contribution in [2.75, 3.05) is 50.0 Å². The van der Waals surface area contributed by atoms with Crippen LogP contribution in [-0.2, 0) is 0 Å². The fourth-order valence-corrected chi connectivity index (χ4v) is 2.09. The lowest BCUT2D eigenvalue weighted by atomic mass is 10.2. The molecule has 0 saturated carbocycles. The van der Waals surface area contributed by atoms with Gasteiger partial charge in [0.2, 0.25) is 0 Å². The third kappa shape index (κ3) is 5.73. The van der Waals surface area contributed by atoms with Crippen LogP contribution in [0, 0.1) is 5.92 Å². The van der Waals surface area contributed by atoms with Crippen molar-refractivity contribution in [1.82, 2.24) is 9.88 Å². The standard InChI is InChI=1S/C14H24N4.2ClH/c1-12(2)11-16-14-10-13(4-5-15-14)18-8-6-17(3)7-9-18;;/h4-5,10,12H,6-9,11H2,1-3H3,(H,15,16);2*1H. The first-order valence-corrected chi connectivity index (χ1v) is 6.78. The molecular weight excluding hydrogens is 295 g/mol. The monoisotopic (exact) mass is 320 g/mol. The largest absolute Gasteiger partial charge is 0.370 e. The molecule has 1 N–H and O–H groups in total. The Balaban J connectivity index is 0.00000180. The second-order valence-corrected chi connectivity index (χ2v) is 5.46. The molecule has 20 heavy (non-hydrogen) atoms. The van der Waals surface area contributed by atoms with Gasteiger partial charge in [-0.2, -0.15) is 0 Å². The van der Waals surface area contributed by atoms with Gasteiger partial charge in [0.25, 0.3) is 0 Å². The van der Waals surface area contributed by atoms with Crippen LogP contribution in [0.3, 0.4) is 0 Å². The van der Waals surface area contributed by atoms with Crippen molar-refractivity contribution in [3.8, 4) is 0 Å². The number of hydrogen-bond acceptors (Lipinski definition) is 4. The molecule has 4 nitrogen and oxygen atoms in total. The van der Waals surface area contributed by atoms with Crippen molar-refractivity contribution >= 4 is 36.3 Å². The van der Waals surface area contributed by atoms with Gasteiger partial charge in [0.15, 0.2) is 0 Å². The lowest BCUT2D eigenvalue weighted by Crippen LogP contribution is -2.44. The topological polar surface area (TPSA) is 31.4 Å². The van der Waals surface area contributed by atoms with Crippen LogP contribution in [0.1, 0.15) is 13.8 Å². The van der Waals surface area contributed by atoms with E-state index in [1.165, 1.54) is 5.69 Å². The number of anilines is 2. The molecule has 1 aliphatic rings. The van der Waals surface area contributed by atoms with Gasteiger partial charge >= 0.3 is 0 Å². The van der Waals surface area contributed by atoms with E-state index in [0.717, 1.165) is 38.5 Å². The summed E-state index contributed by atoms with van der Waals surface area (Å²) in [6, 6.07) is 4.26. The Morgan fingerprint density at radius 1 is 1.20 bits per heavy atom. The maximum absolute atomic E-state index is 4.37. The van der Waals surface area contributed by atoms with E-state index in [1.807, 2.05) is 6.20 Å². The molecule has 116 valence electrons. The molecule has 0 spiro atoms. The number of nitrogens with one attached hydrogen (secondary N) is 1. The SMILES string of the molecule is CC(C)CNc1cc(N2CCN(C)CC2)ccn1.Cl.Cl. The van der Waals surface area contributed by atoms with Crippen LogP contribution in [0.2, 0.25) is 0 Å². The first kappa shape index (κ1) is 19.3. The normalized spacial score (nSPS) is 15.5. The summed E-state index contributed by atoms with van der Waals surface area (Å²) in [7, 11) is 2.18. The Morgan fingerprint density at radius 3 is 2.45 bits per heavy atom. The fraction of sp³-hybridized carbons (Fsp3) is 0.643. The van der Waals surface area contributed by atoms with Crippen molar-refractivity contribution in [3.05, 3.63) is 18.3 Å². The van der Waals surface area contributed by atoms with E-state index in [-0.39, 0.29) is 24.8 Å². The minimum absolute atomic E-state index is 0. The predicted octanol–water partition coefficient (Wildman–Crippen LogP) is 2.74. The van der Waals surface area contributed by atoms with Gasteiger partial charge in [-0.15, -0.1) is 24.8 Å². The first-order valence-electron chi connectivity index (χ1n) is 6.78. The van der Waals surface area contributed by atoms with Gasteiger partial charge in [0, 0.05) is 50.7 Å². The highest BCUT2D eigenvalue weighted by atomic mass is 35.5. The number of likely N-dealkylation sites (N-methyl/N-ethyl adjacent to an activating group) is 1. The molecule has 0 unspecified atom stereocenters. The molecule has 0 radical (unpaired) electrons. The minimum Gasteiger partial charge on any atom is -0.370 e. The Bertz CT molecular complexity index is 379. The first-order chi connectivity index (χ1) is 8.65. The quantitative estimate of drug-likeness (QED) is 0.924. The van der Waals surface area contributed by atoms with Crippen LogP contribution in [0.5, 0.6) is 0 Å². The van der Waals surface area contributed by atoms with Crippen molar-refractivity contribution in [2.45, 2.75) is 13.8 Å². The molecule has 0 amide bonds. The minimum atomic E-state index is 0. The van der Waals surface area contributed by atoms with Crippen molar-refractivity contribution in [1.29, 1.82) is 0 Å². The maximum atomic E-state index is 4.37. The van der Waals surface area contributed by atoms with Gasteiger partial charge < -0.3 is 15.1 Å². The highest BCUT2D eigenvalue weighted by Gasteiger charge is 2.14. The van der Waals surface area contributed by atoms with Gasteiger partial charge in [-0.25, -0.2) is 4.98 Å². The lowest BCUT2D eigenvalue weighted by molar-refractivity contribution is 0.313. The average molecular weight is 321 g/mol. The van der Waals surface area contributed by atoms with Crippen molar-refractivity contribution in [2.24, 2.45) is 5.92 Å². The maximum Gasteiger partial charge on any atom is 0.127 e. The summed E-state index contributed by atoms with van der Waals surface area (Å²) < 4.78 is 0. The van der Waals surface area contributed by atoms with E-state index in [2.05, 4.69) is 53.1 Å². The second-order valence-electron chi connectivity index (χ2n) is 5.46. The molecule has 1 fully saturated rings. The average Bonchev–Trinajstić information content (AvgIpc) is 2.37. The Kier molecular flexibility index (Phi) is 8.94. The molecule has 2 heterocycles. The summed E-state index contributed by atoms with van der Waals surface area (Å²) in [5.41, 5.74) is 1.28. The zero-order chi connectivity index (χ0) is 13.0. The van der Waals surface area contributed by atoms with Crippen molar-refractivity contribution < 1.29 is 0 Å². The Labute approximate surface area is 134 Å². The van der Waals surface area contributed by atoms with Gasteiger partial charge in [0.05, 0.1) is 0 Å². The number of nitrogens with zero attached hydrogens (tertiary/aromatic N) is 3. The Morgan fingerprint density at radius 2 is 1.85 bits per heavy atom. The summed E-state index contributed by atoms with van der Waals surface area (Å²) in [6.07, 6.45) is 1.90. The molecule has 0 atom stereocenters. The predicted molar refractivity (Wildman–Crippen MR) is 91.8 cm³/mol. The van der Waals surface area contributed by atoms with Crippen LogP contribution >= 0.6 is 24.8 Å². The molecule has 0 bridgehead atoms. The molecule has 1 aromatic rings. The summed E-state index contributed by atoms with van der Waals surface area (Å²) in [4.78, 5) is 9.18. The number of halogens is 2. The number of aromatic nitrogens is 1. The second kappa shape index (κ2) is 9.27. The number of pyridine rings is 1. The van der Waals surface area contributed by atoms with Crippen molar-refractivity contribution in [3.63, 3.8) is 0 Å². The van der Waals surface area contributed by atoms with Gasteiger partial charge in [-0.3, -0.25) is 0 Å². The van der Waals surface area contributed by atoms with Crippen LogP contribution in [0.15, 0.2) is 18.3 Å². The molecule has 6 heteroatoms. The molecule has 1 saturated heterocycles. The van der Waals surface area contributed by atoms with E-state index in [4.69, 9.17) is 0 Å². The van der Waals surface area contributed by atoms with Crippen LogP contribution < -0.4 is 10.2 Å². The van der Waals surface area contributed by atoms with E-state index < -0.39 is 0 Å². The van der Waals surface area contributed by atoms with E-state index in [1.54, 1.807) is 0 Å². The molecule has 0 aliphatic carbocycles. The third-order valence-electron chi connectivity index (χ3n) is 3.30. The molecular formula is C14H26Cl2N4. The molecule has 1 aliphatic heterocycles. The summed E-state index contributed by atoms with van der Waals surface area (Å²) in [5, 5.41) is 3.38. The highest BCUT2D eigenvalue weighted by molar-refractivity contribution is 5.85. The zero-order valence-corrected chi connectivity index (χ0v) is 14.1. The summed E-state index contributed by atoms with van der Waals surface area (Å²) in [5.74, 6) is 1.62. The zero-order valence-electron chi connectivity index (χ0n) is 12.5. The van der Waals surface area contributed by atoms with E-state index in [9.17, 15) is 0 Å². The smallest absolute Gasteiger partial charge is 0.127 e. The van der Waals surface area contributed by atoms with Gasteiger partial charge in [-0.05, 0) is 19.0 Å². The van der Waals surface area contributed by atoms with E-state index >= 15 is 0 Å². The van der Waals surface area contributed by atoms with Crippen LogP contribution in [0.25, 0.3) is 0 Å². The highest BCUT2D eigenvalue weighted by Crippen LogP contribution is 2.18. The summed E-state index contributed by atoms with van der Waals surface area (Å²) >= 11 is 0. The van der Waals surface area contributed by atoms with Crippen LogP contribution in [-0.4, -0.2) is 49.7 Å². The summed E-state index contributed by atoms with van der Waals surface area (Å²) in [6.45, 7) is 9.86. The number of piperazine rings is 1. The molecule has 1 aromatic heterocycles. The number of hydrogen-bond donors (Lipinski definition) is 1. The van der Waals surface area contributed by atoms with Crippen LogP contribution in [0.4, 0.5) is 11.5 Å². The van der Waals surface area contributed by atoms with E-state index in [0.29, 0.717) is 5.92 Å². The lowest BCUT2D eigenvalue weighted by Gasteiger charge is -2.34. The fourth-order valence-electron chi connectivity index (χ4n) is 2.09. The molecule has 0 aromatic carbocycles. The third-order valence-corrected chi connectivity index (χ3v) is 3.30. The van der Waals surface area contributed by atoms with Gasteiger partial charge in [-0.1, -0.05) is 13.8 Å².